The second kappa shape index (κ2) is 11.8. The first-order valence-corrected chi connectivity index (χ1v) is 13.4. The van der Waals surface area contributed by atoms with Crippen LogP contribution in [0.2, 0.25) is 0 Å². The lowest BCUT2D eigenvalue weighted by Gasteiger charge is -2.22. The first-order chi connectivity index (χ1) is 15.8. The number of nitrogens with zero attached hydrogens (tertiary/aromatic N) is 3. The first kappa shape index (κ1) is 25.4. The van der Waals surface area contributed by atoms with Gasteiger partial charge < -0.3 is 4.90 Å². The van der Waals surface area contributed by atoms with Gasteiger partial charge in [0.05, 0.1) is 4.90 Å². The van der Waals surface area contributed by atoms with E-state index in [1.54, 1.807) is 12.1 Å². The Balaban J connectivity index is 1.51. The molecule has 0 aliphatic carbocycles. The van der Waals surface area contributed by atoms with Crippen molar-refractivity contribution in [1.82, 2.24) is 14.1 Å². The highest BCUT2D eigenvalue weighted by atomic mass is 32.2. The van der Waals surface area contributed by atoms with E-state index in [1.165, 1.54) is 15.4 Å². The van der Waals surface area contributed by atoms with Gasteiger partial charge in [0.2, 0.25) is 15.9 Å². The van der Waals surface area contributed by atoms with Gasteiger partial charge in [0.1, 0.15) is 0 Å². The predicted molar refractivity (Wildman–Crippen MR) is 133 cm³/mol. The normalized spacial score (nSPS) is 15.6. The van der Waals surface area contributed by atoms with E-state index in [0.29, 0.717) is 30.8 Å². The van der Waals surface area contributed by atoms with E-state index in [1.807, 2.05) is 30.9 Å². The fourth-order valence-corrected chi connectivity index (χ4v) is 5.81. The van der Waals surface area contributed by atoms with Gasteiger partial charge in [-0.15, -0.1) is 0 Å². The lowest BCUT2D eigenvalue weighted by atomic mass is 10.1. The number of aryl methyl sites for hydroxylation is 2. The van der Waals surface area contributed by atoms with E-state index < -0.39 is 10.0 Å². The van der Waals surface area contributed by atoms with Gasteiger partial charge in [-0.2, -0.15) is 4.31 Å². The number of benzene rings is 2. The van der Waals surface area contributed by atoms with Crippen LogP contribution in [-0.4, -0.2) is 67.7 Å². The van der Waals surface area contributed by atoms with Crippen molar-refractivity contribution in [3.8, 4) is 0 Å². The Hall–Kier alpha value is -2.22. The summed E-state index contributed by atoms with van der Waals surface area (Å²) in [5.41, 5.74) is 3.65. The zero-order valence-corrected chi connectivity index (χ0v) is 21.0. The molecule has 180 valence electrons. The molecule has 7 heteroatoms. The van der Waals surface area contributed by atoms with Crippen LogP contribution in [0.15, 0.2) is 53.4 Å². The third-order valence-electron chi connectivity index (χ3n) is 6.49. The van der Waals surface area contributed by atoms with Crippen molar-refractivity contribution < 1.29 is 13.2 Å². The summed E-state index contributed by atoms with van der Waals surface area (Å²) in [4.78, 5) is 17.6. The summed E-state index contributed by atoms with van der Waals surface area (Å²) in [7, 11) is -3.45. The lowest BCUT2D eigenvalue weighted by molar-refractivity contribution is -0.131. The van der Waals surface area contributed by atoms with Crippen LogP contribution in [0.25, 0.3) is 0 Å². The molecule has 1 aliphatic heterocycles. The van der Waals surface area contributed by atoms with Crippen LogP contribution in [0.3, 0.4) is 0 Å². The van der Waals surface area contributed by atoms with Gasteiger partial charge in [-0.25, -0.2) is 8.42 Å². The van der Waals surface area contributed by atoms with Gasteiger partial charge in [0.25, 0.3) is 0 Å². The van der Waals surface area contributed by atoms with Crippen molar-refractivity contribution >= 4 is 15.9 Å². The van der Waals surface area contributed by atoms with Gasteiger partial charge in [0.15, 0.2) is 0 Å². The summed E-state index contributed by atoms with van der Waals surface area (Å²) < 4.78 is 26.7. The molecular formula is C26H37N3O3S. The molecule has 1 fully saturated rings. The highest BCUT2D eigenvalue weighted by Gasteiger charge is 2.22. The van der Waals surface area contributed by atoms with E-state index >= 15 is 0 Å². The molecule has 0 N–H and O–H groups in total. The first-order valence-electron chi connectivity index (χ1n) is 12.0. The number of carbonyl (C=O) groups excluding carboxylic acids is 1. The monoisotopic (exact) mass is 471 g/mol. The Labute approximate surface area is 199 Å². The van der Waals surface area contributed by atoms with E-state index in [4.69, 9.17) is 0 Å². The molecule has 0 bridgehead atoms. The van der Waals surface area contributed by atoms with Gasteiger partial charge in [0, 0.05) is 52.2 Å². The van der Waals surface area contributed by atoms with Gasteiger partial charge in [-0.3, -0.25) is 9.69 Å². The zero-order valence-electron chi connectivity index (χ0n) is 20.2. The van der Waals surface area contributed by atoms with Crippen molar-refractivity contribution in [3.63, 3.8) is 0 Å². The maximum Gasteiger partial charge on any atom is 0.243 e. The quantitative estimate of drug-likeness (QED) is 0.560. The third-order valence-corrected chi connectivity index (χ3v) is 8.55. The standard InChI is InChI=1S/C26H37N3O3S/c1-4-29(5-2)33(31,32)25-14-11-23(12-15-25)13-16-26(30)28-18-8-17-27(19-20-28)21-24-10-7-6-9-22(24)3/h6-7,9-12,14-15H,4-5,8,13,16-21H2,1-3H3. The summed E-state index contributed by atoms with van der Waals surface area (Å²) in [6, 6.07) is 15.5. The number of sulfonamides is 1. The summed E-state index contributed by atoms with van der Waals surface area (Å²) in [6.07, 6.45) is 2.04. The van der Waals surface area contributed by atoms with Gasteiger partial charge in [-0.1, -0.05) is 50.2 Å². The van der Waals surface area contributed by atoms with Gasteiger partial charge >= 0.3 is 0 Å². The Kier molecular flexibility index (Phi) is 9.06. The number of hydrogen-bond acceptors (Lipinski definition) is 4. The fourth-order valence-electron chi connectivity index (χ4n) is 4.36. The van der Waals surface area contributed by atoms with Crippen molar-refractivity contribution in [2.75, 3.05) is 39.3 Å². The molecule has 1 aliphatic rings. The number of rotatable bonds is 9. The van der Waals surface area contributed by atoms with E-state index in [0.717, 1.165) is 44.7 Å². The third kappa shape index (κ3) is 6.65. The lowest BCUT2D eigenvalue weighted by Crippen LogP contribution is -2.35. The van der Waals surface area contributed by atoms with Crippen LogP contribution in [-0.2, 0) is 27.8 Å². The van der Waals surface area contributed by atoms with Crippen LogP contribution in [0.5, 0.6) is 0 Å². The van der Waals surface area contributed by atoms with Crippen molar-refractivity contribution in [3.05, 3.63) is 65.2 Å². The summed E-state index contributed by atoms with van der Waals surface area (Å²) in [5, 5.41) is 0. The average Bonchev–Trinajstić information content (AvgIpc) is 3.05. The molecule has 0 aromatic heterocycles. The van der Waals surface area contributed by atoms with Gasteiger partial charge in [-0.05, 0) is 48.6 Å². The van der Waals surface area contributed by atoms with Crippen LogP contribution < -0.4 is 0 Å². The Morgan fingerprint density at radius 3 is 2.30 bits per heavy atom. The molecule has 0 radical (unpaired) electrons. The predicted octanol–water partition coefficient (Wildman–Crippen LogP) is 3.69. The molecular weight excluding hydrogens is 434 g/mol. The Morgan fingerprint density at radius 2 is 1.64 bits per heavy atom. The molecule has 0 saturated carbocycles. The molecule has 2 aromatic carbocycles. The molecule has 0 atom stereocenters. The topological polar surface area (TPSA) is 60.9 Å². The highest BCUT2D eigenvalue weighted by molar-refractivity contribution is 7.89. The average molecular weight is 472 g/mol. The molecule has 0 spiro atoms. The summed E-state index contributed by atoms with van der Waals surface area (Å²) in [5.74, 6) is 0.174. The second-order valence-electron chi connectivity index (χ2n) is 8.67. The molecule has 1 heterocycles. The SMILES string of the molecule is CCN(CC)S(=O)(=O)c1ccc(CCC(=O)N2CCCN(Cc3ccccc3C)CC2)cc1. The van der Waals surface area contributed by atoms with Crippen LogP contribution in [0, 0.1) is 6.92 Å². The molecule has 2 aromatic rings. The Morgan fingerprint density at radius 1 is 0.939 bits per heavy atom. The summed E-state index contributed by atoms with van der Waals surface area (Å²) in [6.45, 7) is 11.1. The number of carbonyl (C=O) groups is 1. The number of hydrogen-bond donors (Lipinski definition) is 0. The van der Waals surface area contributed by atoms with Crippen molar-refractivity contribution in [2.45, 2.75) is 51.5 Å². The smallest absolute Gasteiger partial charge is 0.243 e. The van der Waals surface area contributed by atoms with Crippen LogP contribution in [0.4, 0.5) is 0 Å². The molecule has 1 amide bonds. The molecule has 1 saturated heterocycles. The van der Waals surface area contributed by atoms with Crippen LogP contribution in [0.1, 0.15) is 43.4 Å². The van der Waals surface area contributed by atoms with Crippen LogP contribution >= 0.6 is 0 Å². The fraction of sp³-hybridized carbons (Fsp3) is 0.500. The van der Waals surface area contributed by atoms with E-state index in [2.05, 4.69) is 36.1 Å². The molecule has 33 heavy (non-hydrogen) atoms. The highest BCUT2D eigenvalue weighted by Crippen LogP contribution is 2.18. The van der Waals surface area contributed by atoms with Crippen molar-refractivity contribution in [1.29, 1.82) is 0 Å². The zero-order chi connectivity index (χ0) is 23.8. The van der Waals surface area contributed by atoms with E-state index in [9.17, 15) is 13.2 Å². The maximum absolute atomic E-state index is 12.8. The minimum Gasteiger partial charge on any atom is -0.341 e. The summed E-state index contributed by atoms with van der Waals surface area (Å²) >= 11 is 0. The molecule has 0 unspecified atom stereocenters. The van der Waals surface area contributed by atoms with Crippen molar-refractivity contribution in [2.24, 2.45) is 0 Å². The minimum absolute atomic E-state index is 0.174. The second-order valence-corrected chi connectivity index (χ2v) is 10.6. The largest absolute Gasteiger partial charge is 0.341 e. The minimum atomic E-state index is -3.45. The maximum atomic E-state index is 12.8. The number of amides is 1. The Bertz CT molecular complexity index is 1020. The molecule has 3 rings (SSSR count). The molecule has 6 nitrogen and oxygen atoms in total. The van der Waals surface area contributed by atoms with E-state index in [-0.39, 0.29) is 5.91 Å².